The number of hydrogen-bond donors (Lipinski definition) is 1. The molecule has 3 aromatic carbocycles. The summed E-state index contributed by atoms with van der Waals surface area (Å²) in [6.07, 6.45) is 1.49. The number of nitrogens with one attached hydrogen (secondary N) is 1. The molecule has 0 amide bonds. The maximum Gasteiger partial charge on any atom is 0.338 e. The zero-order chi connectivity index (χ0) is 24.3. The minimum Gasteiger partial charge on any atom is -0.462 e. The Morgan fingerprint density at radius 3 is 2.41 bits per heavy atom. The van der Waals surface area contributed by atoms with Crippen LogP contribution >= 0.6 is 0 Å². The normalized spacial score (nSPS) is 11.7. The lowest BCUT2D eigenvalue weighted by molar-refractivity contribution is 0.0526. The van der Waals surface area contributed by atoms with E-state index >= 15 is 0 Å². The Balaban J connectivity index is 1.54. The molecule has 0 spiro atoms. The molecule has 0 aliphatic rings. The fraction of sp³-hybridized carbons (Fsp3) is 0.154. The van der Waals surface area contributed by atoms with E-state index in [1.165, 1.54) is 6.21 Å². The van der Waals surface area contributed by atoms with Crippen LogP contribution in [0.3, 0.4) is 0 Å². The highest BCUT2D eigenvalue weighted by Gasteiger charge is 2.14. The second-order valence-corrected chi connectivity index (χ2v) is 9.45. The molecule has 1 heterocycles. The van der Waals surface area contributed by atoms with Crippen LogP contribution in [0.5, 0.6) is 0 Å². The molecule has 1 aromatic heterocycles. The topological polar surface area (TPSA) is 89.8 Å². The van der Waals surface area contributed by atoms with Gasteiger partial charge >= 0.3 is 5.97 Å². The van der Waals surface area contributed by atoms with E-state index in [1.807, 2.05) is 60.9 Å². The minimum absolute atomic E-state index is 0.149. The number of aromatic nitrogens is 1. The van der Waals surface area contributed by atoms with Gasteiger partial charge < -0.3 is 9.30 Å². The van der Waals surface area contributed by atoms with Crippen molar-refractivity contribution in [3.63, 3.8) is 0 Å². The Morgan fingerprint density at radius 2 is 1.71 bits per heavy atom. The lowest BCUT2D eigenvalue weighted by Gasteiger charge is -2.10. The van der Waals surface area contributed by atoms with Gasteiger partial charge in [-0.1, -0.05) is 30.3 Å². The average molecular weight is 476 g/mol. The average Bonchev–Trinajstić information content (AvgIpc) is 3.11. The zero-order valence-corrected chi connectivity index (χ0v) is 20.0. The predicted molar refractivity (Wildman–Crippen MR) is 133 cm³/mol. The molecule has 4 rings (SSSR count). The number of carbonyl (C=O) groups is 1. The van der Waals surface area contributed by atoms with Crippen molar-refractivity contribution < 1.29 is 17.9 Å². The number of benzene rings is 3. The second-order valence-electron chi connectivity index (χ2n) is 7.79. The summed E-state index contributed by atoms with van der Waals surface area (Å²) in [6, 6.07) is 21.6. The van der Waals surface area contributed by atoms with E-state index in [4.69, 9.17) is 4.74 Å². The van der Waals surface area contributed by atoms with E-state index in [2.05, 4.69) is 9.93 Å². The minimum atomic E-state index is -3.81. The van der Waals surface area contributed by atoms with Crippen molar-refractivity contribution in [3.05, 3.63) is 95.3 Å². The molecule has 4 aromatic rings. The van der Waals surface area contributed by atoms with Crippen LogP contribution in [-0.2, 0) is 14.8 Å². The predicted octanol–water partition coefficient (Wildman–Crippen LogP) is 4.74. The van der Waals surface area contributed by atoms with Gasteiger partial charge in [0.1, 0.15) is 0 Å². The van der Waals surface area contributed by atoms with Crippen LogP contribution in [0.1, 0.15) is 34.2 Å². The van der Waals surface area contributed by atoms with Crippen LogP contribution in [-0.4, -0.2) is 31.8 Å². The molecule has 0 saturated heterocycles. The summed E-state index contributed by atoms with van der Waals surface area (Å²) >= 11 is 0. The maximum atomic E-state index is 12.7. The first-order valence-corrected chi connectivity index (χ1v) is 12.3. The summed E-state index contributed by atoms with van der Waals surface area (Å²) in [4.78, 5) is 14.3. The van der Waals surface area contributed by atoms with E-state index in [-0.39, 0.29) is 10.9 Å². The number of hydrazone groups is 1. The van der Waals surface area contributed by atoms with Gasteiger partial charge in [0.15, 0.2) is 0 Å². The second kappa shape index (κ2) is 9.52. The molecule has 0 radical (unpaired) electrons. The number of ether oxygens (including phenoxy) is 1. The molecule has 7 nitrogen and oxygen atoms in total. The molecule has 1 N–H and O–H groups in total. The first-order valence-electron chi connectivity index (χ1n) is 10.8. The molecule has 8 heteroatoms. The van der Waals surface area contributed by atoms with Gasteiger partial charge in [0.25, 0.3) is 10.0 Å². The van der Waals surface area contributed by atoms with Gasteiger partial charge in [-0.15, -0.1) is 0 Å². The van der Waals surface area contributed by atoms with Crippen molar-refractivity contribution in [2.24, 2.45) is 5.10 Å². The third-order valence-corrected chi connectivity index (χ3v) is 6.73. The van der Waals surface area contributed by atoms with Crippen LogP contribution in [0.4, 0.5) is 0 Å². The van der Waals surface area contributed by atoms with Crippen LogP contribution in [0.15, 0.2) is 82.8 Å². The monoisotopic (exact) mass is 475 g/mol. The molecule has 174 valence electrons. The van der Waals surface area contributed by atoms with Crippen molar-refractivity contribution in [3.8, 4) is 5.69 Å². The SMILES string of the molecule is CCOC(=O)c1ccc(-n2c(C)cc(/C=N/NS(=O)(=O)c3ccc4ccccc4c3)c2C)cc1. The van der Waals surface area contributed by atoms with Gasteiger partial charge in [0.05, 0.1) is 23.3 Å². The summed E-state index contributed by atoms with van der Waals surface area (Å²) in [5, 5.41) is 5.80. The largest absolute Gasteiger partial charge is 0.462 e. The Kier molecular flexibility index (Phi) is 6.51. The highest BCUT2D eigenvalue weighted by Crippen LogP contribution is 2.21. The van der Waals surface area contributed by atoms with E-state index in [1.54, 1.807) is 37.3 Å². The Bertz CT molecular complexity index is 1490. The van der Waals surface area contributed by atoms with Crippen LogP contribution in [0.25, 0.3) is 16.5 Å². The Labute approximate surface area is 198 Å². The number of rotatable bonds is 7. The third-order valence-electron chi connectivity index (χ3n) is 5.51. The fourth-order valence-corrected chi connectivity index (χ4v) is 4.66. The van der Waals surface area contributed by atoms with Crippen LogP contribution in [0.2, 0.25) is 0 Å². The summed E-state index contributed by atoms with van der Waals surface area (Å²) in [5.74, 6) is -0.360. The maximum absolute atomic E-state index is 12.7. The van der Waals surface area contributed by atoms with Gasteiger partial charge in [0.2, 0.25) is 0 Å². The fourth-order valence-electron chi connectivity index (χ4n) is 3.83. The highest BCUT2D eigenvalue weighted by molar-refractivity contribution is 7.89. The molecule has 0 fully saturated rings. The quantitative estimate of drug-likeness (QED) is 0.238. The van der Waals surface area contributed by atoms with Crippen LogP contribution in [0, 0.1) is 13.8 Å². The third kappa shape index (κ3) is 4.72. The van der Waals surface area contributed by atoms with Gasteiger partial charge in [-0.05, 0) is 74.0 Å². The number of hydrogen-bond acceptors (Lipinski definition) is 5. The molecule has 0 saturated carbocycles. The number of esters is 1. The van der Waals surface area contributed by atoms with Crippen molar-refractivity contribution >= 4 is 33.0 Å². The van der Waals surface area contributed by atoms with Crippen molar-refractivity contribution in [1.29, 1.82) is 0 Å². The van der Waals surface area contributed by atoms with Gasteiger partial charge in [-0.3, -0.25) is 0 Å². The molecule has 0 bridgehead atoms. The standard InChI is InChI=1S/C26H25N3O4S/c1-4-33-26(30)21-9-12-24(13-10-21)29-18(2)15-23(19(29)3)17-27-28-34(31,32)25-14-11-20-7-5-6-8-22(20)16-25/h5-17,28H,4H2,1-3H3/b27-17+. The number of fused-ring (bicyclic) bond motifs is 1. The van der Waals surface area contributed by atoms with E-state index in [9.17, 15) is 13.2 Å². The Morgan fingerprint density at radius 1 is 1.00 bits per heavy atom. The van der Waals surface area contributed by atoms with E-state index < -0.39 is 10.0 Å². The van der Waals surface area contributed by atoms with Gasteiger partial charge in [-0.25, -0.2) is 9.63 Å². The summed E-state index contributed by atoms with van der Waals surface area (Å²) in [5.41, 5.74) is 3.96. The zero-order valence-electron chi connectivity index (χ0n) is 19.1. The molecule has 0 atom stereocenters. The van der Waals surface area contributed by atoms with Gasteiger partial charge in [-0.2, -0.15) is 13.5 Å². The summed E-state index contributed by atoms with van der Waals surface area (Å²) in [7, 11) is -3.81. The number of carbonyl (C=O) groups excluding carboxylic acids is 1. The summed E-state index contributed by atoms with van der Waals surface area (Å²) in [6.45, 7) is 5.96. The van der Waals surface area contributed by atoms with Crippen molar-refractivity contribution in [1.82, 2.24) is 9.40 Å². The highest BCUT2D eigenvalue weighted by atomic mass is 32.2. The first-order chi connectivity index (χ1) is 16.3. The Hall–Kier alpha value is -3.91. The smallest absolute Gasteiger partial charge is 0.338 e. The molecule has 34 heavy (non-hydrogen) atoms. The molecule has 0 aliphatic heterocycles. The van der Waals surface area contributed by atoms with E-state index in [0.717, 1.165) is 33.4 Å². The number of sulfonamides is 1. The lowest BCUT2D eigenvalue weighted by atomic mass is 10.1. The molecule has 0 unspecified atom stereocenters. The molecular formula is C26H25N3O4S. The summed E-state index contributed by atoms with van der Waals surface area (Å²) < 4.78 is 32.5. The lowest BCUT2D eigenvalue weighted by Crippen LogP contribution is -2.18. The molecular weight excluding hydrogens is 450 g/mol. The number of aryl methyl sites for hydroxylation is 1. The van der Waals surface area contributed by atoms with Crippen molar-refractivity contribution in [2.45, 2.75) is 25.7 Å². The number of nitrogens with zero attached hydrogens (tertiary/aromatic N) is 2. The van der Waals surface area contributed by atoms with Crippen molar-refractivity contribution in [2.75, 3.05) is 6.61 Å². The first kappa shape index (κ1) is 23.3. The van der Waals surface area contributed by atoms with Crippen LogP contribution < -0.4 is 4.83 Å². The molecule has 0 aliphatic carbocycles. The van der Waals surface area contributed by atoms with Gasteiger partial charge in [0, 0.05) is 22.6 Å². The van der Waals surface area contributed by atoms with E-state index in [0.29, 0.717) is 12.2 Å².